The largest absolute Gasteiger partial charge is 0.346 e. The molecule has 5 aromatic rings. The van der Waals surface area contributed by atoms with Crippen LogP contribution in [0, 0.1) is 0 Å². The molecular formula is C28H17N3O2S. The summed E-state index contributed by atoms with van der Waals surface area (Å²) in [6.45, 7) is 0. The van der Waals surface area contributed by atoms with E-state index in [1.807, 2.05) is 60.7 Å². The van der Waals surface area contributed by atoms with E-state index in [1.54, 1.807) is 36.7 Å². The third-order valence-corrected chi connectivity index (χ3v) is 6.83. The highest BCUT2D eigenvalue weighted by Crippen LogP contribution is 2.37. The van der Waals surface area contributed by atoms with Gasteiger partial charge in [-0.2, -0.15) is 0 Å². The molecule has 0 fully saturated rings. The average Bonchev–Trinajstić information content (AvgIpc) is 3.32. The van der Waals surface area contributed by atoms with Crippen LogP contribution in [0.1, 0.15) is 31.8 Å². The van der Waals surface area contributed by atoms with Crippen molar-refractivity contribution in [3.05, 3.63) is 113 Å². The molecule has 1 heterocycles. The molecule has 1 aromatic heterocycles. The van der Waals surface area contributed by atoms with Crippen molar-refractivity contribution >= 4 is 50.8 Å². The van der Waals surface area contributed by atoms with E-state index in [4.69, 9.17) is 4.98 Å². The molecule has 6 rings (SSSR count). The minimum atomic E-state index is -0.153. The Balaban J connectivity index is 1.36. The van der Waals surface area contributed by atoms with Crippen molar-refractivity contribution in [3.8, 4) is 10.6 Å². The van der Waals surface area contributed by atoms with Crippen LogP contribution in [-0.4, -0.2) is 22.9 Å². The molecule has 1 aliphatic rings. The number of carbonyl (C=O) groups excluding carboxylic acids is 2. The van der Waals surface area contributed by atoms with Gasteiger partial charge in [-0.15, -0.1) is 11.3 Å². The van der Waals surface area contributed by atoms with E-state index in [9.17, 15) is 9.59 Å². The molecule has 1 aliphatic carbocycles. The quantitative estimate of drug-likeness (QED) is 0.241. The van der Waals surface area contributed by atoms with Gasteiger partial charge in [0, 0.05) is 27.9 Å². The zero-order valence-corrected chi connectivity index (χ0v) is 18.7. The molecular weight excluding hydrogens is 442 g/mol. The Kier molecular flexibility index (Phi) is 4.86. The number of anilines is 1. The van der Waals surface area contributed by atoms with Gasteiger partial charge in [-0.1, -0.05) is 54.6 Å². The maximum atomic E-state index is 13.3. The fourth-order valence-electron chi connectivity index (χ4n) is 4.13. The van der Waals surface area contributed by atoms with Crippen LogP contribution in [0.5, 0.6) is 0 Å². The number of rotatable bonds is 4. The van der Waals surface area contributed by atoms with Crippen LogP contribution in [0.15, 0.2) is 96.0 Å². The van der Waals surface area contributed by atoms with Crippen LogP contribution in [0.3, 0.4) is 0 Å². The van der Waals surface area contributed by atoms with Gasteiger partial charge >= 0.3 is 0 Å². The number of fused-ring (bicyclic) bond motifs is 4. The standard InChI is InChI=1S/C28H17N3O2S/c32-26-20-11-4-5-12-21(20)27(33)24-22(26)13-14-23-25(24)31-28(34-23)17-7-6-10-19(15-17)30-16-29-18-8-2-1-3-9-18/h1-16H,(H,29,30). The molecule has 0 spiro atoms. The molecule has 0 atom stereocenters. The summed E-state index contributed by atoms with van der Waals surface area (Å²) in [4.78, 5) is 35.5. The lowest BCUT2D eigenvalue weighted by Gasteiger charge is -2.17. The number of benzene rings is 4. The number of para-hydroxylation sites is 1. The van der Waals surface area contributed by atoms with Gasteiger partial charge in [0.1, 0.15) is 5.01 Å². The molecule has 34 heavy (non-hydrogen) atoms. The Morgan fingerprint density at radius 1 is 0.765 bits per heavy atom. The molecule has 162 valence electrons. The van der Waals surface area contributed by atoms with Gasteiger partial charge < -0.3 is 5.32 Å². The Hall–Kier alpha value is -4.42. The maximum absolute atomic E-state index is 13.3. The highest BCUT2D eigenvalue weighted by molar-refractivity contribution is 7.21. The number of aliphatic imine (C=N–C) groups is 1. The van der Waals surface area contributed by atoms with Crippen LogP contribution >= 0.6 is 11.3 Å². The van der Waals surface area contributed by atoms with E-state index in [0.717, 1.165) is 26.6 Å². The van der Waals surface area contributed by atoms with Crippen molar-refractivity contribution < 1.29 is 9.59 Å². The monoisotopic (exact) mass is 459 g/mol. The highest BCUT2D eigenvalue weighted by Gasteiger charge is 2.32. The van der Waals surface area contributed by atoms with E-state index >= 15 is 0 Å². The average molecular weight is 460 g/mol. The third-order valence-electron chi connectivity index (χ3n) is 5.76. The van der Waals surface area contributed by atoms with Crippen molar-refractivity contribution in [2.75, 3.05) is 5.32 Å². The highest BCUT2D eigenvalue weighted by atomic mass is 32.1. The lowest BCUT2D eigenvalue weighted by molar-refractivity contribution is 0.0980. The molecule has 1 N–H and O–H groups in total. The van der Waals surface area contributed by atoms with Crippen LogP contribution < -0.4 is 5.32 Å². The van der Waals surface area contributed by atoms with Gasteiger partial charge in [0.15, 0.2) is 11.6 Å². The first-order valence-corrected chi connectivity index (χ1v) is 11.6. The first-order valence-electron chi connectivity index (χ1n) is 10.8. The van der Waals surface area contributed by atoms with Crippen LogP contribution in [0.4, 0.5) is 11.4 Å². The number of aromatic nitrogens is 1. The maximum Gasteiger partial charge on any atom is 0.196 e. The Morgan fingerprint density at radius 2 is 1.53 bits per heavy atom. The number of nitrogens with zero attached hydrogens (tertiary/aromatic N) is 2. The molecule has 0 amide bonds. The Labute approximate surface area is 199 Å². The van der Waals surface area contributed by atoms with Gasteiger partial charge in [-0.05, 0) is 36.4 Å². The fraction of sp³-hybridized carbons (Fsp3) is 0. The zero-order chi connectivity index (χ0) is 23.1. The van der Waals surface area contributed by atoms with E-state index in [0.29, 0.717) is 27.8 Å². The predicted octanol–water partition coefficient (Wildman–Crippen LogP) is 6.51. The molecule has 0 bridgehead atoms. The number of nitrogens with one attached hydrogen (secondary N) is 1. The summed E-state index contributed by atoms with van der Waals surface area (Å²) in [5.74, 6) is -0.286. The van der Waals surface area contributed by atoms with Crippen LogP contribution in [0.25, 0.3) is 20.8 Å². The lowest BCUT2D eigenvalue weighted by atomic mass is 9.83. The van der Waals surface area contributed by atoms with E-state index in [2.05, 4.69) is 10.3 Å². The summed E-state index contributed by atoms with van der Waals surface area (Å²) in [6.07, 6.45) is 1.66. The van der Waals surface area contributed by atoms with Gasteiger partial charge in [-0.3, -0.25) is 9.59 Å². The van der Waals surface area contributed by atoms with Gasteiger partial charge in [0.25, 0.3) is 0 Å². The number of hydrogen-bond acceptors (Lipinski definition) is 5. The number of hydrogen-bond donors (Lipinski definition) is 1. The summed E-state index contributed by atoms with van der Waals surface area (Å²) < 4.78 is 0.873. The summed E-state index contributed by atoms with van der Waals surface area (Å²) in [5.41, 5.74) is 4.93. The van der Waals surface area contributed by atoms with Crippen LogP contribution in [0.2, 0.25) is 0 Å². The normalized spacial score (nSPS) is 12.7. The Bertz CT molecular complexity index is 1620. The molecule has 0 unspecified atom stereocenters. The Morgan fingerprint density at radius 3 is 2.35 bits per heavy atom. The minimum Gasteiger partial charge on any atom is -0.346 e. The minimum absolute atomic E-state index is 0.134. The van der Waals surface area contributed by atoms with E-state index in [-0.39, 0.29) is 11.6 Å². The summed E-state index contributed by atoms with van der Waals surface area (Å²) >= 11 is 1.50. The second-order valence-corrected chi connectivity index (χ2v) is 8.91. The summed E-state index contributed by atoms with van der Waals surface area (Å²) in [6, 6.07) is 28.1. The van der Waals surface area contributed by atoms with Gasteiger partial charge in [0.05, 0.1) is 27.8 Å². The predicted molar refractivity (Wildman–Crippen MR) is 137 cm³/mol. The fourth-order valence-corrected chi connectivity index (χ4v) is 5.10. The van der Waals surface area contributed by atoms with E-state index in [1.165, 1.54) is 11.3 Å². The smallest absolute Gasteiger partial charge is 0.196 e. The van der Waals surface area contributed by atoms with Crippen molar-refractivity contribution in [3.63, 3.8) is 0 Å². The molecule has 6 heteroatoms. The number of ketones is 2. The van der Waals surface area contributed by atoms with Gasteiger partial charge in [-0.25, -0.2) is 9.98 Å². The van der Waals surface area contributed by atoms with Crippen molar-refractivity contribution in [2.24, 2.45) is 4.99 Å². The zero-order valence-electron chi connectivity index (χ0n) is 17.9. The first-order chi connectivity index (χ1) is 16.7. The number of carbonyl (C=O) groups is 2. The summed E-state index contributed by atoms with van der Waals surface area (Å²) in [7, 11) is 0. The SMILES string of the molecule is O=C1c2ccccc2C(=O)c2c1ccc1sc(-c3cccc(NC=Nc4ccccc4)c3)nc21. The molecule has 0 saturated heterocycles. The summed E-state index contributed by atoms with van der Waals surface area (Å²) in [5, 5.41) is 3.98. The second-order valence-electron chi connectivity index (χ2n) is 7.88. The molecule has 0 saturated carbocycles. The first kappa shape index (κ1) is 20.2. The second kappa shape index (κ2) is 8.17. The topological polar surface area (TPSA) is 71.4 Å². The van der Waals surface area contributed by atoms with Gasteiger partial charge in [0.2, 0.25) is 0 Å². The lowest BCUT2D eigenvalue weighted by Crippen LogP contribution is -2.21. The molecule has 4 aromatic carbocycles. The number of thiazole rings is 1. The van der Waals surface area contributed by atoms with Crippen molar-refractivity contribution in [2.45, 2.75) is 0 Å². The molecule has 0 aliphatic heterocycles. The molecule has 0 radical (unpaired) electrons. The molecule has 5 nitrogen and oxygen atoms in total. The third kappa shape index (κ3) is 3.41. The van der Waals surface area contributed by atoms with E-state index < -0.39 is 0 Å². The van der Waals surface area contributed by atoms with Crippen molar-refractivity contribution in [1.82, 2.24) is 4.98 Å². The van der Waals surface area contributed by atoms with Crippen molar-refractivity contribution in [1.29, 1.82) is 0 Å². The van der Waals surface area contributed by atoms with Crippen LogP contribution in [-0.2, 0) is 0 Å².